The van der Waals surface area contributed by atoms with Crippen LogP contribution in [-0.4, -0.2) is 28.6 Å². The van der Waals surface area contributed by atoms with Crippen molar-refractivity contribution in [2.45, 2.75) is 27.3 Å². The van der Waals surface area contributed by atoms with Crippen LogP contribution in [-0.2, 0) is 16.1 Å². The van der Waals surface area contributed by atoms with E-state index in [1.807, 2.05) is 57.2 Å². The molecular formula is C28H25BrN2O4S. The predicted molar refractivity (Wildman–Crippen MR) is 147 cm³/mol. The molecule has 1 aliphatic heterocycles. The van der Waals surface area contributed by atoms with E-state index in [0.717, 1.165) is 44.1 Å². The molecule has 0 radical (unpaired) electrons. The number of imide groups is 1. The molecule has 1 saturated heterocycles. The van der Waals surface area contributed by atoms with Crippen molar-refractivity contribution >= 4 is 56.5 Å². The first-order valence-corrected chi connectivity index (χ1v) is 12.9. The van der Waals surface area contributed by atoms with Crippen molar-refractivity contribution in [3.63, 3.8) is 0 Å². The number of benzene rings is 3. The van der Waals surface area contributed by atoms with Gasteiger partial charge < -0.3 is 10.1 Å². The highest BCUT2D eigenvalue weighted by molar-refractivity contribution is 9.10. The molecule has 1 heterocycles. The highest BCUT2D eigenvalue weighted by Gasteiger charge is 2.34. The first-order valence-electron chi connectivity index (χ1n) is 11.3. The number of aryl methyl sites for hydroxylation is 3. The lowest BCUT2D eigenvalue weighted by Crippen LogP contribution is -2.27. The molecule has 3 aromatic carbocycles. The van der Waals surface area contributed by atoms with Gasteiger partial charge >= 0.3 is 0 Å². The number of carbonyl (C=O) groups excluding carboxylic acids is 3. The number of anilines is 1. The largest absolute Gasteiger partial charge is 0.484 e. The lowest BCUT2D eigenvalue weighted by molar-refractivity contribution is -0.123. The second-order valence-corrected chi connectivity index (χ2v) is 10.4. The van der Waals surface area contributed by atoms with Crippen LogP contribution in [0.25, 0.3) is 6.08 Å². The van der Waals surface area contributed by atoms with Crippen LogP contribution in [0.5, 0.6) is 5.75 Å². The summed E-state index contributed by atoms with van der Waals surface area (Å²) >= 11 is 4.40. The van der Waals surface area contributed by atoms with Crippen molar-refractivity contribution in [2.24, 2.45) is 0 Å². The minimum Gasteiger partial charge on any atom is -0.484 e. The van der Waals surface area contributed by atoms with E-state index in [2.05, 4.69) is 21.2 Å². The Hall–Kier alpha value is -3.36. The van der Waals surface area contributed by atoms with Gasteiger partial charge in [-0.05, 0) is 101 Å². The van der Waals surface area contributed by atoms with Crippen molar-refractivity contribution in [3.8, 4) is 5.75 Å². The summed E-state index contributed by atoms with van der Waals surface area (Å²) in [6.45, 7) is 6.09. The molecule has 0 spiro atoms. The summed E-state index contributed by atoms with van der Waals surface area (Å²) in [5.74, 6) is -0.0562. The molecule has 0 unspecified atom stereocenters. The Balaban J connectivity index is 1.34. The fraction of sp³-hybridized carbons (Fsp3) is 0.179. The van der Waals surface area contributed by atoms with E-state index in [1.165, 1.54) is 4.90 Å². The smallest absolute Gasteiger partial charge is 0.293 e. The van der Waals surface area contributed by atoms with Crippen LogP contribution in [0, 0.1) is 20.8 Å². The van der Waals surface area contributed by atoms with Crippen molar-refractivity contribution in [2.75, 3.05) is 11.9 Å². The molecule has 0 aliphatic carbocycles. The lowest BCUT2D eigenvalue weighted by Gasteiger charge is -2.12. The van der Waals surface area contributed by atoms with Gasteiger partial charge in [0, 0.05) is 4.47 Å². The van der Waals surface area contributed by atoms with Crippen molar-refractivity contribution in [1.29, 1.82) is 0 Å². The number of hydrogen-bond donors (Lipinski definition) is 1. The molecular weight excluding hydrogens is 540 g/mol. The third-order valence-electron chi connectivity index (χ3n) is 5.74. The van der Waals surface area contributed by atoms with E-state index < -0.39 is 0 Å². The van der Waals surface area contributed by atoms with E-state index in [9.17, 15) is 14.4 Å². The monoisotopic (exact) mass is 564 g/mol. The van der Waals surface area contributed by atoms with Gasteiger partial charge in [0.25, 0.3) is 17.1 Å². The molecule has 3 aromatic rings. The number of amides is 3. The molecule has 1 fully saturated rings. The first-order chi connectivity index (χ1) is 17.2. The van der Waals surface area contributed by atoms with Gasteiger partial charge in [-0.1, -0.05) is 42.0 Å². The Morgan fingerprint density at radius 2 is 1.67 bits per heavy atom. The Morgan fingerprint density at radius 1 is 1.00 bits per heavy atom. The van der Waals surface area contributed by atoms with Crippen LogP contribution in [0.15, 0.2) is 70.0 Å². The minimum absolute atomic E-state index is 0.142. The third kappa shape index (κ3) is 6.25. The van der Waals surface area contributed by atoms with Crippen molar-refractivity contribution < 1.29 is 19.1 Å². The maximum absolute atomic E-state index is 12.8. The second kappa shape index (κ2) is 11.1. The van der Waals surface area contributed by atoms with E-state index >= 15 is 0 Å². The molecule has 36 heavy (non-hydrogen) atoms. The van der Waals surface area contributed by atoms with Crippen molar-refractivity contribution in [1.82, 2.24) is 4.90 Å². The molecule has 1 N–H and O–H groups in total. The Bertz CT molecular complexity index is 1350. The van der Waals surface area contributed by atoms with Crippen LogP contribution in [0.4, 0.5) is 10.5 Å². The molecule has 3 amide bonds. The van der Waals surface area contributed by atoms with Gasteiger partial charge in [0.2, 0.25) is 0 Å². The maximum Gasteiger partial charge on any atom is 0.293 e. The molecule has 184 valence electrons. The zero-order chi connectivity index (χ0) is 25.8. The number of thioether (sulfide) groups is 1. The normalized spacial score (nSPS) is 14.4. The van der Waals surface area contributed by atoms with Crippen LogP contribution in [0.1, 0.15) is 27.8 Å². The van der Waals surface area contributed by atoms with E-state index in [1.54, 1.807) is 30.3 Å². The topological polar surface area (TPSA) is 75.7 Å². The summed E-state index contributed by atoms with van der Waals surface area (Å²) in [6, 6.07) is 18.6. The van der Waals surface area contributed by atoms with Crippen LogP contribution in [0.3, 0.4) is 0 Å². The highest BCUT2D eigenvalue weighted by atomic mass is 79.9. The molecule has 4 rings (SSSR count). The van der Waals surface area contributed by atoms with Gasteiger partial charge in [0.1, 0.15) is 5.75 Å². The maximum atomic E-state index is 12.8. The molecule has 0 aromatic heterocycles. The zero-order valence-electron chi connectivity index (χ0n) is 20.1. The number of hydrogen-bond acceptors (Lipinski definition) is 5. The summed E-state index contributed by atoms with van der Waals surface area (Å²) in [5, 5.41) is 2.56. The minimum atomic E-state index is -0.305. The zero-order valence-corrected chi connectivity index (χ0v) is 22.5. The molecule has 1 aliphatic rings. The predicted octanol–water partition coefficient (Wildman–Crippen LogP) is 6.63. The molecule has 6 nitrogen and oxygen atoms in total. The van der Waals surface area contributed by atoms with Gasteiger partial charge in [-0.2, -0.15) is 0 Å². The van der Waals surface area contributed by atoms with Gasteiger partial charge in [-0.15, -0.1) is 0 Å². The lowest BCUT2D eigenvalue weighted by atomic mass is 10.1. The van der Waals surface area contributed by atoms with Gasteiger partial charge in [-0.3, -0.25) is 19.3 Å². The fourth-order valence-corrected chi connectivity index (χ4v) is 4.93. The van der Waals surface area contributed by atoms with E-state index in [0.29, 0.717) is 16.3 Å². The van der Waals surface area contributed by atoms with E-state index in [4.69, 9.17) is 4.74 Å². The average Bonchev–Trinajstić information content (AvgIpc) is 3.10. The summed E-state index contributed by atoms with van der Waals surface area (Å²) in [4.78, 5) is 39.2. The summed E-state index contributed by atoms with van der Waals surface area (Å²) in [6.07, 6.45) is 1.69. The quantitative estimate of drug-likeness (QED) is 0.326. The SMILES string of the molecule is Cc1ccc(CN2C(=O)S/C(=C\c3ccc(OCC(=O)Nc4cc(C)c(C)cc4Br)cc3)C2=O)cc1. The van der Waals surface area contributed by atoms with Crippen LogP contribution in [0.2, 0.25) is 0 Å². The van der Waals surface area contributed by atoms with Gasteiger partial charge in [-0.25, -0.2) is 0 Å². The summed E-state index contributed by atoms with van der Waals surface area (Å²) in [7, 11) is 0. The number of nitrogens with zero attached hydrogens (tertiary/aromatic N) is 1. The van der Waals surface area contributed by atoms with Crippen LogP contribution >= 0.6 is 27.7 Å². The molecule has 8 heteroatoms. The fourth-order valence-electron chi connectivity index (χ4n) is 3.54. The van der Waals surface area contributed by atoms with Gasteiger partial charge in [0.05, 0.1) is 17.1 Å². The number of nitrogens with one attached hydrogen (secondary N) is 1. The Labute approximate surface area is 222 Å². The third-order valence-corrected chi connectivity index (χ3v) is 7.30. The Morgan fingerprint density at radius 3 is 2.36 bits per heavy atom. The standard InChI is InChI=1S/C28H25BrN2O4S/c1-17-4-6-21(7-5-17)15-31-27(33)25(36-28(31)34)14-20-8-10-22(11-9-20)35-16-26(32)30-24-13-19(3)18(2)12-23(24)29/h4-14H,15-16H2,1-3H3,(H,30,32)/b25-14-. The molecule has 0 saturated carbocycles. The Kier molecular flexibility index (Phi) is 7.96. The average molecular weight is 565 g/mol. The molecule has 0 bridgehead atoms. The molecule has 0 atom stereocenters. The highest BCUT2D eigenvalue weighted by Crippen LogP contribution is 2.33. The number of halogens is 1. The van der Waals surface area contributed by atoms with Crippen molar-refractivity contribution in [3.05, 3.63) is 97.9 Å². The first kappa shape index (κ1) is 25.7. The summed E-state index contributed by atoms with van der Waals surface area (Å²) < 4.78 is 6.42. The number of rotatable bonds is 7. The number of carbonyl (C=O) groups is 3. The number of ether oxygens (including phenoxy) is 1. The van der Waals surface area contributed by atoms with E-state index in [-0.39, 0.29) is 30.2 Å². The van der Waals surface area contributed by atoms with Gasteiger partial charge in [0.15, 0.2) is 6.61 Å². The summed E-state index contributed by atoms with van der Waals surface area (Å²) in [5.41, 5.74) is 5.69. The second-order valence-electron chi connectivity index (χ2n) is 8.58. The van der Waals surface area contributed by atoms with Crippen LogP contribution < -0.4 is 10.1 Å².